The molecule has 0 amide bonds. The van der Waals surface area contributed by atoms with Crippen LogP contribution in [0.3, 0.4) is 0 Å². The fraction of sp³-hybridized carbons (Fsp3) is 0.722. The lowest BCUT2D eigenvalue weighted by molar-refractivity contribution is -0.0401. The topological polar surface area (TPSA) is 111 Å². The first kappa shape index (κ1) is 25.6. The lowest BCUT2D eigenvalue weighted by Crippen LogP contribution is -2.44. The molecule has 0 spiro atoms. The van der Waals surface area contributed by atoms with Gasteiger partial charge in [-0.1, -0.05) is 43.5 Å². The van der Waals surface area contributed by atoms with Crippen LogP contribution in [0.2, 0.25) is 18.1 Å². The summed E-state index contributed by atoms with van der Waals surface area (Å²) in [6.45, 7) is 10.8. The second-order valence-corrected chi connectivity index (χ2v) is 25.0. The summed E-state index contributed by atoms with van der Waals surface area (Å²) in [4.78, 5) is 22.2. The van der Waals surface area contributed by atoms with Gasteiger partial charge in [-0.3, -0.25) is 14.3 Å². The van der Waals surface area contributed by atoms with Crippen molar-refractivity contribution in [3.8, 4) is 6.01 Å². The van der Waals surface area contributed by atoms with E-state index in [0.29, 0.717) is 0 Å². The summed E-state index contributed by atoms with van der Waals surface area (Å²) in [5.74, 6) is 1.75. The van der Waals surface area contributed by atoms with E-state index < -0.39 is 49.2 Å². The minimum absolute atomic E-state index is 0.0174. The van der Waals surface area contributed by atoms with Crippen molar-refractivity contribution < 1.29 is 23.2 Å². The van der Waals surface area contributed by atoms with Crippen LogP contribution in [0.5, 0.6) is 6.01 Å². The lowest BCUT2D eigenvalue weighted by Gasteiger charge is -2.37. The number of rotatable bonds is 6. The van der Waals surface area contributed by atoms with E-state index in [1.165, 1.54) is 10.9 Å². The molecule has 0 unspecified atom stereocenters. The van der Waals surface area contributed by atoms with E-state index in [1.807, 2.05) is 0 Å². The zero-order chi connectivity index (χ0) is 24.2. The quantitative estimate of drug-likeness (QED) is 0.399. The number of H-pyrrole nitrogens is 1. The van der Waals surface area contributed by atoms with Crippen LogP contribution >= 0.6 is 27.4 Å². The number of nitrogens with zero attached hydrogens (tertiary/aromatic N) is 3. The predicted molar refractivity (Wildman–Crippen MR) is 136 cm³/mol. The lowest BCUT2D eigenvalue weighted by atomic mass is 10.1. The van der Waals surface area contributed by atoms with E-state index in [1.54, 1.807) is 22.8 Å². The highest BCUT2D eigenvalue weighted by atomic mass is 33.2. The Balaban J connectivity index is 1.65. The molecule has 2 aliphatic rings. The second-order valence-electron chi connectivity index (χ2n) is 9.48. The summed E-state index contributed by atoms with van der Waals surface area (Å²) in [5.41, 5.74) is -0.609. The Labute approximate surface area is 205 Å². The molecule has 0 aromatic carbocycles. The van der Waals surface area contributed by atoms with Crippen LogP contribution in [0.25, 0.3) is 11.2 Å². The Morgan fingerprint density at radius 2 is 2.09 bits per heavy atom. The van der Waals surface area contributed by atoms with Crippen molar-refractivity contribution in [2.75, 3.05) is 18.1 Å². The first-order valence-corrected chi connectivity index (χ1v) is 19.3. The third-order valence-corrected chi connectivity index (χ3v) is 20.4. The molecule has 2 saturated heterocycles. The van der Waals surface area contributed by atoms with Crippen LogP contribution in [0, 0.1) is 0 Å². The number of hydrogen-bond donors (Lipinski definition) is 2. The van der Waals surface area contributed by atoms with Gasteiger partial charge in [0.25, 0.3) is 11.6 Å². The van der Waals surface area contributed by atoms with Crippen LogP contribution < -0.4 is 5.56 Å². The highest BCUT2D eigenvalue weighted by Crippen LogP contribution is 2.75. The van der Waals surface area contributed by atoms with Gasteiger partial charge in [-0.2, -0.15) is 4.98 Å². The third-order valence-electron chi connectivity index (χ3n) is 6.21. The molecule has 4 rings (SSSR count). The fourth-order valence-corrected chi connectivity index (χ4v) is 13.7. The summed E-state index contributed by atoms with van der Waals surface area (Å²) in [6, 6.07) is -0.581. The number of aromatic nitrogens is 4. The molecule has 0 bridgehead atoms. The van der Waals surface area contributed by atoms with Gasteiger partial charge in [-0.05, 0) is 29.9 Å². The summed E-state index contributed by atoms with van der Waals surface area (Å²) in [5, 5.41) is 9.72. The first-order valence-electron chi connectivity index (χ1n) is 10.5. The largest absolute Gasteiger partial charge is 0.480 e. The number of nitrogens with one attached hydrogen (secondary N) is 1. The smallest absolute Gasteiger partial charge is 0.296 e. The number of imidazole rings is 1. The van der Waals surface area contributed by atoms with Crippen molar-refractivity contribution in [1.29, 1.82) is 0 Å². The van der Waals surface area contributed by atoms with Crippen molar-refractivity contribution >= 4 is 58.7 Å². The number of fused-ring (bicyclic) bond motifs is 1. The Hall–Kier alpha value is -0.473. The van der Waals surface area contributed by atoms with Crippen molar-refractivity contribution in [3.63, 3.8) is 0 Å². The third kappa shape index (κ3) is 5.08. The van der Waals surface area contributed by atoms with Gasteiger partial charge in [0.15, 0.2) is 36.5 Å². The van der Waals surface area contributed by atoms with Crippen molar-refractivity contribution in [1.82, 2.24) is 19.5 Å². The Bertz CT molecular complexity index is 1130. The van der Waals surface area contributed by atoms with E-state index in [2.05, 4.69) is 48.8 Å². The van der Waals surface area contributed by atoms with Crippen molar-refractivity contribution in [2.45, 2.75) is 63.5 Å². The molecule has 4 atom stereocenters. The van der Waals surface area contributed by atoms with E-state index in [0.717, 1.165) is 11.5 Å². The zero-order valence-electron chi connectivity index (χ0n) is 19.0. The first-order chi connectivity index (χ1) is 15.3. The summed E-state index contributed by atoms with van der Waals surface area (Å²) < 4.78 is 33.6. The molecular formula is C18H28FN4O5PS3Si. The predicted octanol–water partition coefficient (Wildman–Crippen LogP) is 4.17. The van der Waals surface area contributed by atoms with Crippen LogP contribution in [-0.4, -0.2) is 69.4 Å². The number of ether oxygens (including phenoxy) is 1. The number of aromatic hydroxyl groups is 1. The van der Waals surface area contributed by atoms with E-state index >= 15 is 4.39 Å². The highest BCUT2D eigenvalue weighted by molar-refractivity contribution is 9.00. The average molecular weight is 555 g/mol. The molecular weight excluding hydrogens is 526 g/mol. The molecule has 9 nitrogen and oxygen atoms in total. The SMILES string of the molecule is CC(C)(C)[Si](C)(C)OC[C@H]1O[C@@H](n2cnc3c(=O)[nH]c(O)nc32)[C@H](F)[C@@H]1OP1(=S)SCCS1. The minimum Gasteiger partial charge on any atom is -0.480 e. The summed E-state index contributed by atoms with van der Waals surface area (Å²) in [7, 11) is -2.13. The van der Waals surface area contributed by atoms with Crippen molar-refractivity contribution in [2.24, 2.45) is 0 Å². The van der Waals surface area contributed by atoms with Crippen LogP contribution in [0.4, 0.5) is 4.39 Å². The molecule has 0 radical (unpaired) electrons. The Kier molecular flexibility index (Phi) is 7.14. The molecule has 184 valence electrons. The van der Waals surface area contributed by atoms with E-state index in [9.17, 15) is 9.90 Å². The molecule has 0 saturated carbocycles. The van der Waals surface area contributed by atoms with Crippen LogP contribution in [0.15, 0.2) is 11.1 Å². The van der Waals surface area contributed by atoms with E-state index in [-0.39, 0.29) is 22.8 Å². The molecule has 0 aliphatic carbocycles. The maximum atomic E-state index is 15.9. The van der Waals surface area contributed by atoms with Gasteiger partial charge in [0, 0.05) is 11.5 Å². The molecule has 2 aliphatic heterocycles. The van der Waals surface area contributed by atoms with Gasteiger partial charge in [0.2, 0.25) is 0 Å². The molecule has 33 heavy (non-hydrogen) atoms. The van der Waals surface area contributed by atoms with Crippen LogP contribution in [0.1, 0.15) is 27.0 Å². The maximum absolute atomic E-state index is 15.9. The van der Waals surface area contributed by atoms with Gasteiger partial charge in [-0.25, -0.2) is 9.37 Å². The summed E-state index contributed by atoms with van der Waals surface area (Å²) >= 11 is 8.87. The zero-order valence-corrected chi connectivity index (χ0v) is 23.3. The maximum Gasteiger partial charge on any atom is 0.296 e. The monoisotopic (exact) mass is 554 g/mol. The number of alkyl halides is 1. The van der Waals surface area contributed by atoms with Gasteiger partial charge >= 0.3 is 0 Å². The number of hydrogen-bond acceptors (Lipinski definition) is 10. The second kappa shape index (κ2) is 9.19. The fourth-order valence-electron chi connectivity index (χ4n) is 3.33. The number of aromatic amines is 1. The normalized spacial score (nSPS) is 28.1. The Morgan fingerprint density at radius 1 is 1.42 bits per heavy atom. The molecule has 2 aromatic rings. The molecule has 2 aromatic heterocycles. The molecule has 15 heteroatoms. The van der Waals surface area contributed by atoms with Crippen LogP contribution in [-0.2, 0) is 25.5 Å². The van der Waals surface area contributed by atoms with Crippen molar-refractivity contribution in [3.05, 3.63) is 16.7 Å². The molecule has 4 heterocycles. The molecule has 2 fully saturated rings. The minimum atomic E-state index is -2.29. The summed E-state index contributed by atoms with van der Waals surface area (Å²) in [6.07, 6.45) is -3.10. The van der Waals surface area contributed by atoms with Gasteiger partial charge in [-0.15, -0.1) is 0 Å². The average Bonchev–Trinajstić information content (AvgIpc) is 3.39. The number of halogens is 1. The van der Waals surface area contributed by atoms with Gasteiger partial charge < -0.3 is 18.8 Å². The van der Waals surface area contributed by atoms with Gasteiger partial charge in [0.05, 0.1) is 12.9 Å². The highest BCUT2D eigenvalue weighted by Gasteiger charge is 2.51. The molecule has 2 N–H and O–H groups in total. The Morgan fingerprint density at radius 3 is 2.73 bits per heavy atom. The van der Waals surface area contributed by atoms with E-state index in [4.69, 9.17) is 25.5 Å². The standard InChI is InChI=1S/C18H28FN4O5PS3Si/c1-18(2,3)33(4,5)26-8-10-13(28-29(30)31-6-7-32-29)11(19)16(27-10)23-9-20-12-14(23)21-17(25)22-15(12)24/h9-11,13,16H,6-8H2,1-5H3,(H2,21,22,24,25)/t10-,11-,13-,16-/m1/s1. The van der Waals surface area contributed by atoms with Gasteiger partial charge in [0.1, 0.15) is 12.2 Å².